The van der Waals surface area contributed by atoms with Gasteiger partial charge in [0.2, 0.25) is 17.7 Å². The zero-order valence-electron chi connectivity index (χ0n) is 11.2. The lowest BCUT2D eigenvalue weighted by atomic mass is 10.1. The Hall–Kier alpha value is -2.49. The molecule has 0 radical (unpaired) electrons. The minimum Gasteiger partial charge on any atom is -0.395 e. The number of nitrogens with two attached hydrogens (primary N) is 1. The summed E-state index contributed by atoms with van der Waals surface area (Å²) in [6, 6.07) is -0.522. The molecule has 2 heterocycles. The lowest BCUT2D eigenvalue weighted by molar-refractivity contribution is -0.384. The molecule has 1 aromatic rings. The van der Waals surface area contributed by atoms with E-state index in [-0.39, 0.29) is 36.5 Å². The molecule has 1 aliphatic rings. The molecule has 10 nitrogen and oxygen atoms in total. The predicted octanol–water partition coefficient (Wildman–Crippen LogP) is -0.638. The van der Waals surface area contributed by atoms with Crippen molar-refractivity contribution < 1.29 is 14.8 Å². The number of rotatable bonds is 5. The predicted molar refractivity (Wildman–Crippen MR) is 73.4 cm³/mol. The molecule has 4 N–H and O–H groups in total. The van der Waals surface area contributed by atoms with Gasteiger partial charge in [0.1, 0.15) is 12.2 Å². The minimum absolute atomic E-state index is 0.0716. The second-order valence-corrected chi connectivity index (χ2v) is 4.61. The molecule has 1 unspecified atom stereocenters. The van der Waals surface area contributed by atoms with Crippen molar-refractivity contribution in [1.29, 1.82) is 0 Å². The Kier molecular flexibility index (Phi) is 4.48. The van der Waals surface area contributed by atoms with E-state index in [1.807, 2.05) is 0 Å². The summed E-state index contributed by atoms with van der Waals surface area (Å²) in [5.74, 6) is -0.342. The van der Waals surface area contributed by atoms with Gasteiger partial charge in [-0.25, -0.2) is 4.98 Å². The second kappa shape index (κ2) is 6.31. The highest BCUT2D eigenvalue weighted by Gasteiger charge is 2.29. The number of piperidine rings is 1. The van der Waals surface area contributed by atoms with Gasteiger partial charge in [-0.3, -0.25) is 14.9 Å². The zero-order chi connectivity index (χ0) is 15.4. The molecule has 0 bridgehead atoms. The van der Waals surface area contributed by atoms with Gasteiger partial charge in [0.15, 0.2) is 0 Å². The van der Waals surface area contributed by atoms with Gasteiger partial charge in [-0.1, -0.05) is 0 Å². The van der Waals surface area contributed by atoms with Crippen LogP contribution in [0.4, 0.5) is 17.5 Å². The molecule has 10 heteroatoms. The van der Waals surface area contributed by atoms with Crippen LogP contribution in [0.5, 0.6) is 0 Å². The Bertz CT molecular complexity index is 550. The van der Waals surface area contributed by atoms with Gasteiger partial charge in [-0.15, -0.1) is 0 Å². The van der Waals surface area contributed by atoms with Gasteiger partial charge < -0.3 is 21.1 Å². The van der Waals surface area contributed by atoms with Crippen molar-refractivity contribution in [2.75, 3.05) is 30.7 Å². The number of aromatic nitrogens is 2. The maximum Gasteiger partial charge on any atom is 0.329 e. The summed E-state index contributed by atoms with van der Waals surface area (Å²) >= 11 is 0. The molecule has 1 aliphatic heterocycles. The van der Waals surface area contributed by atoms with Crippen molar-refractivity contribution in [3.63, 3.8) is 0 Å². The van der Waals surface area contributed by atoms with E-state index in [9.17, 15) is 14.9 Å². The summed E-state index contributed by atoms with van der Waals surface area (Å²) < 4.78 is 0. The van der Waals surface area contributed by atoms with E-state index < -0.39 is 11.0 Å². The summed E-state index contributed by atoms with van der Waals surface area (Å²) in [5.41, 5.74) is 5.10. The third-order valence-electron chi connectivity index (χ3n) is 3.20. The standard InChI is InChI=1S/C11H16N6O4/c12-9-8(17(20)21)6-13-11(15-9)14-7-2-1-3-16(4-5-18)10(7)19/h6-7,18H,1-5H2,(H3,12,13,14,15). The first-order valence-electron chi connectivity index (χ1n) is 6.46. The average molecular weight is 296 g/mol. The van der Waals surface area contributed by atoms with Crippen LogP contribution in [0.1, 0.15) is 12.8 Å². The van der Waals surface area contributed by atoms with Crippen LogP contribution in [0.3, 0.4) is 0 Å². The molecule has 0 aromatic carbocycles. The van der Waals surface area contributed by atoms with Gasteiger partial charge >= 0.3 is 5.69 Å². The first-order valence-corrected chi connectivity index (χ1v) is 6.46. The van der Waals surface area contributed by atoms with Crippen molar-refractivity contribution in [3.05, 3.63) is 16.3 Å². The SMILES string of the molecule is Nc1nc(NC2CCCN(CCO)C2=O)ncc1[N+](=O)[O-]. The van der Waals surface area contributed by atoms with E-state index in [4.69, 9.17) is 10.8 Å². The second-order valence-electron chi connectivity index (χ2n) is 4.61. The number of likely N-dealkylation sites (tertiary alicyclic amines) is 1. The number of hydrogen-bond donors (Lipinski definition) is 3. The number of aliphatic hydroxyl groups excluding tert-OH is 1. The van der Waals surface area contributed by atoms with Crippen LogP contribution in [-0.2, 0) is 4.79 Å². The largest absolute Gasteiger partial charge is 0.395 e. The van der Waals surface area contributed by atoms with Crippen LogP contribution < -0.4 is 11.1 Å². The number of nitrogens with zero attached hydrogens (tertiary/aromatic N) is 4. The highest BCUT2D eigenvalue weighted by Crippen LogP contribution is 2.20. The van der Waals surface area contributed by atoms with Crippen molar-refractivity contribution in [3.8, 4) is 0 Å². The van der Waals surface area contributed by atoms with Crippen molar-refractivity contribution in [2.45, 2.75) is 18.9 Å². The quantitative estimate of drug-likeness (QED) is 0.480. The molecule has 0 saturated carbocycles. The number of amides is 1. The van der Waals surface area contributed by atoms with Gasteiger partial charge in [0, 0.05) is 13.1 Å². The fraction of sp³-hybridized carbons (Fsp3) is 0.545. The number of β-amino-alcohol motifs (C(OH)–C–C–N with tert-alkyl or cyclic N) is 1. The summed E-state index contributed by atoms with van der Waals surface area (Å²) in [6.07, 6.45) is 2.39. The fourth-order valence-electron chi connectivity index (χ4n) is 2.17. The van der Waals surface area contributed by atoms with Crippen LogP contribution in [0.25, 0.3) is 0 Å². The molecular weight excluding hydrogens is 280 g/mol. The van der Waals surface area contributed by atoms with E-state index >= 15 is 0 Å². The summed E-state index contributed by atoms with van der Waals surface area (Å²) in [6.45, 7) is 0.778. The number of nitrogens with one attached hydrogen (secondary N) is 1. The maximum atomic E-state index is 12.1. The Labute approximate surface area is 120 Å². The number of anilines is 2. The fourth-order valence-corrected chi connectivity index (χ4v) is 2.17. The van der Waals surface area contributed by atoms with Crippen LogP contribution in [-0.4, -0.2) is 56.5 Å². The van der Waals surface area contributed by atoms with E-state index in [1.165, 1.54) is 0 Å². The van der Waals surface area contributed by atoms with E-state index in [2.05, 4.69) is 15.3 Å². The van der Waals surface area contributed by atoms with Gasteiger partial charge in [-0.2, -0.15) is 4.98 Å². The zero-order valence-corrected chi connectivity index (χ0v) is 11.2. The highest BCUT2D eigenvalue weighted by molar-refractivity contribution is 5.85. The molecule has 1 atom stereocenters. The first kappa shape index (κ1) is 14.9. The number of hydrogen-bond acceptors (Lipinski definition) is 8. The summed E-state index contributed by atoms with van der Waals surface area (Å²) in [4.78, 5) is 31.2. The third-order valence-corrected chi connectivity index (χ3v) is 3.20. The van der Waals surface area contributed by atoms with Crippen molar-refractivity contribution in [1.82, 2.24) is 14.9 Å². The summed E-state index contributed by atoms with van der Waals surface area (Å²) in [5, 5.41) is 22.4. The van der Waals surface area contributed by atoms with Crippen LogP contribution in [0.2, 0.25) is 0 Å². The van der Waals surface area contributed by atoms with Gasteiger partial charge in [0.25, 0.3) is 0 Å². The topological polar surface area (TPSA) is 148 Å². The van der Waals surface area contributed by atoms with Crippen molar-refractivity contribution >= 4 is 23.4 Å². The number of nitrogen functional groups attached to an aromatic ring is 1. The van der Waals surface area contributed by atoms with Crippen LogP contribution in [0, 0.1) is 10.1 Å². The maximum absolute atomic E-state index is 12.1. The number of nitro groups is 1. The van der Waals surface area contributed by atoms with Gasteiger partial charge in [-0.05, 0) is 12.8 Å². The third kappa shape index (κ3) is 3.34. The molecular formula is C11H16N6O4. The molecule has 1 saturated heterocycles. The van der Waals surface area contributed by atoms with E-state index in [0.29, 0.717) is 13.0 Å². The molecule has 1 amide bonds. The minimum atomic E-state index is -0.673. The Morgan fingerprint density at radius 1 is 1.62 bits per heavy atom. The van der Waals surface area contributed by atoms with Crippen molar-refractivity contribution in [2.24, 2.45) is 0 Å². The lowest BCUT2D eigenvalue weighted by Crippen LogP contribution is -2.48. The Morgan fingerprint density at radius 2 is 2.38 bits per heavy atom. The van der Waals surface area contributed by atoms with E-state index in [0.717, 1.165) is 12.6 Å². The normalized spacial score (nSPS) is 18.6. The van der Waals surface area contributed by atoms with Crippen LogP contribution >= 0.6 is 0 Å². The highest BCUT2D eigenvalue weighted by atomic mass is 16.6. The van der Waals surface area contributed by atoms with Gasteiger partial charge in [0.05, 0.1) is 11.5 Å². The monoisotopic (exact) mass is 296 g/mol. The number of carbonyl (C=O) groups is 1. The molecule has 21 heavy (non-hydrogen) atoms. The average Bonchev–Trinajstić information content (AvgIpc) is 2.43. The molecule has 0 spiro atoms. The molecule has 114 valence electrons. The number of carbonyl (C=O) groups excluding carboxylic acids is 1. The Morgan fingerprint density at radius 3 is 3.00 bits per heavy atom. The molecule has 1 fully saturated rings. The smallest absolute Gasteiger partial charge is 0.329 e. The Balaban J connectivity index is 2.09. The van der Waals surface area contributed by atoms with Crippen LogP contribution in [0.15, 0.2) is 6.20 Å². The molecule has 2 rings (SSSR count). The van der Waals surface area contributed by atoms with E-state index in [1.54, 1.807) is 4.90 Å². The first-order chi connectivity index (χ1) is 10.0. The number of aliphatic hydroxyl groups is 1. The summed E-state index contributed by atoms with van der Waals surface area (Å²) in [7, 11) is 0. The molecule has 1 aromatic heterocycles. The lowest BCUT2D eigenvalue weighted by Gasteiger charge is -2.32. The molecule has 0 aliphatic carbocycles.